The Balaban J connectivity index is 2.27. The van der Waals surface area contributed by atoms with E-state index in [0.717, 1.165) is 25.6 Å². The van der Waals surface area contributed by atoms with Gasteiger partial charge in [-0.05, 0) is 31.8 Å². The van der Waals surface area contributed by atoms with Crippen LogP contribution in [0, 0.1) is 17.2 Å². The SMILES string of the molecule is C=C(C#N)CN1CCC(C)CC1. The Morgan fingerprint density at radius 1 is 1.58 bits per heavy atom. The van der Waals surface area contributed by atoms with Crippen LogP contribution in [0.4, 0.5) is 0 Å². The van der Waals surface area contributed by atoms with Crippen molar-refractivity contribution in [2.45, 2.75) is 19.8 Å². The minimum atomic E-state index is 0.685. The Morgan fingerprint density at radius 3 is 2.67 bits per heavy atom. The fourth-order valence-corrected chi connectivity index (χ4v) is 1.53. The minimum Gasteiger partial charge on any atom is -0.298 e. The highest BCUT2D eigenvalue weighted by Gasteiger charge is 2.15. The topological polar surface area (TPSA) is 27.0 Å². The van der Waals surface area contributed by atoms with E-state index in [4.69, 9.17) is 5.26 Å². The molecule has 0 N–H and O–H groups in total. The summed E-state index contributed by atoms with van der Waals surface area (Å²) in [6, 6.07) is 2.09. The summed E-state index contributed by atoms with van der Waals surface area (Å²) in [6.45, 7) is 8.99. The van der Waals surface area contributed by atoms with E-state index in [9.17, 15) is 0 Å². The molecule has 1 aliphatic rings. The van der Waals surface area contributed by atoms with Gasteiger partial charge in [-0.25, -0.2) is 0 Å². The van der Waals surface area contributed by atoms with Gasteiger partial charge in [0.05, 0.1) is 6.07 Å². The van der Waals surface area contributed by atoms with Crippen LogP contribution in [0.5, 0.6) is 0 Å². The van der Waals surface area contributed by atoms with Gasteiger partial charge in [0.1, 0.15) is 0 Å². The second kappa shape index (κ2) is 4.27. The number of likely N-dealkylation sites (tertiary alicyclic amines) is 1. The number of nitriles is 1. The van der Waals surface area contributed by atoms with Crippen LogP contribution in [0.15, 0.2) is 12.2 Å². The summed E-state index contributed by atoms with van der Waals surface area (Å²) in [5, 5.41) is 8.54. The molecule has 1 fully saturated rings. The second-order valence-electron chi connectivity index (χ2n) is 3.67. The fraction of sp³-hybridized carbons (Fsp3) is 0.700. The van der Waals surface area contributed by atoms with E-state index in [1.165, 1.54) is 12.8 Å². The van der Waals surface area contributed by atoms with Crippen LogP contribution in [0.3, 0.4) is 0 Å². The summed E-state index contributed by atoms with van der Waals surface area (Å²) in [4.78, 5) is 2.31. The first-order valence-corrected chi connectivity index (χ1v) is 4.52. The molecule has 0 bridgehead atoms. The minimum absolute atomic E-state index is 0.685. The molecule has 1 rings (SSSR count). The molecule has 12 heavy (non-hydrogen) atoms. The van der Waals surface area contributed by atoms with Crippen LogP contribution < -0.4 is 0 Å². The first kappa shape index (κ1) is 9.28. The number of rotatable bonds is 2. The zero-order valence-corrected chi connectivity index (χ0v) is 7.71. The molecule has 1 saturated heterocycles. The zero-order chi connectivity index (χ0) is 8.97. The zero-order valence-electron chi connectivity index (χ0n) is 7.71. The molecule has 0 aliphatic carbocycles. The number of nitrogens with zero attached hydrogens (tertiary/aromatic N) is 2. The Kier molecular flexibility index (Phi) is 3.31. The fourth-order valence-electron chi connectivity index (χ4n) is 1.53. The molecule has 0 spiro atoms. The quantitative estimate of drug-likeness (QED) is 0.582. The van der Waals surface area contributed by atoms with Gasteiger partial charge in [0.25, 0.3) is 0 Å². The number of hydrogen-bond donors (Lipinski definition) is 0. The van der Waals surface area contributed by atoms with Crippen molar-refractivity contribution >= 4 is 0 Å². The largest absolute Gasteiger partial charge is 0.298 e. The summed E-state index contributed by atoms with van der Waals surface area (Å²) < 4.78 is 0. The Labute approximate surface area is 74.5 Å². The molecule has 0 aromatic rings. The van der Waals surface area contributed by atoms with Crippen LogP contribution in [-0.2, 0) is 0 Å². The summed E-state index contributed by atoms with van der Waals surface area (Å²) >= 11 is 0. The van der Waals surface area contributed by atoms with Gasteiger partial charge in [0.15, 0.2) is 0 Å². The maximum Gasteiger partial charge on any atom is 0.0954 e. The lowest BCUT2D eigenvalue weighted by atomic mass is 9.99. The van der Waals surface area contributed by atoms with Gasteiger partial charge in [-0.2, -0.15) is 5.26 Å². The smallest absolute Gasteiger partial charge is 0.0954 e. The Hall–Kier alpha value is -0.810. The molecule has 0 aromatic heterocycles. The third-order valence-corrected chi connectivity index (χ3v) is 2.45. The molecule has 0 aromatic carbocycles. The summed E-state index contributed by atoms with van der Waals surface area (Å²) in [6.07, 6.45) is 2.53. The van der Waals surface area contributed by atoms with E-state index >= 15 is 0 Å². The molecular weight excluding hydrogens is 148 g/mol. The molecule has 0 amide bonds. The van der Waals surface area contributed by atoms with Gasteiger partial charge < -0.3 is 0 Å². The highest BCUT2D eigenvalue weighted by atomic mass is 15.1. The predicted molar refractivity (Wildman–Crippen MR) is 49.6 cm³/mol. The third-order valence-electron chi connectivity index (χ3n) is 2.45. The highest BCUT2D eigenvalue weighted by Crippen LogP contribution is 2.16. The van der Waals surface area contributed by atoms with Crippen LogP contribution in [0.1, 0.15) is 19.8 Å². The molecule has 0 unspecified atom stereocenters. The van der Waals surface area contributed by atoms with Crippen LogP contribution in [-0.4, -0.2) is 24.5 Å². The predicted octanol–water partition coefficient (Wildman–Crippen LogP) is 1.80. The van der Waals surface area contributed by atoms with E-state index in [0.29, 0.717) is 5.57 Å². The van der Waals surface area contributed by atoms with Gasteiger partial charge in [-0.3, -0.25) is 4.90 Å². The number of piperidine rings is 1. The highest BCUT2D eigenvalue weighted by molar-refractivity contribution is 5.17. The van der Waals surface area contributed by atoms with Crippen molar-refractivity contribution in [3.05, 3.63) is 12.2 Å². The molecule has 0 saturated carbocycles. The maximum atomic E-state index is 8.54. The van der Waals surface area contributed by atoms with Gasteiger partial charge in [0.2, 0.25) is 0 Å². The monoisotopic (exact) mass is 164 g/mol. The van der Waals surface area contributed by atoms with Gasteiger partial charge in [-0.15, -0.1) is 0 Å². The van der Waals surface area contributed by atoms with Crippen molar-refractivity contribution in [1.29, 1.82) is 5.26 Å². The van der Waals surface area contributed by atoms with Crippen molar-refractivity contribution in [1.82, 2.24) is 4.90 Å². The first-order chi connectivity index (χ1) is 5.72. The first-order valence-electron chi connectivity index (χ1n) is 4.52. The molecule has 0 atom stereocenters. The number of hydrogen-bond acceptors (Lipinski definition) is 2. The van der Waals surface area contributed by atoms with Crippen molar-refractivity contribution in [2.75, 3.05) is 19.6 Å². The average Bonchev–Trinajstić information content (AvgIpc) is 2.09. The van der Waals surface area contributed by atoms with E-state index in [1.807, 2.05) is 0 Å². The van der Waals surface area contributed by atoms with Crippen molar-refractivity contribution in [3.8, 4) is 6.07 Å². The van der Waals surface area contributed by atoms with E-state index in [2.05, 4.69) is 24.5 Å². The van der Waals surface area contributed by atoms with E-state index < -0.39 is 0 Å². The van der Waals surface area contributed by atoms with Gasteiger partial charge in [-0.1, -0.05) is 13.5 Å². The molecule has 0 radical (unpaired) electrons. The molecule has 1 heterocycles. The van der Waals surface area contributed by atoms with Crippen LogP contribution >= 0.6 is 0 Å². The lowest BCUT2D eigenvalue weighted by molar-refractivity contribution is 0.208. The third kappa shape index (κ3) is 2.67. The summed E-state index contributed by atoms with van der Waals surface area (Å²) in [5.74, 6) is 0.858. The summed E-state index contributed by atoms with van der Waals surface area (Å²) in [7, 11) is 0. The molecule has 2 heteroatoms. The molecule has 66 valence electrons. The lowest BCUT2D eigenvalue weighted by Crippen LogP contribution is -2.34. The van der Waals surface area contributed by atoms with Gasteiger partial charge >= 0.3 is 0 Å². The Bertz CT molecular complexity index is 194. The Morgan fingerprint density at radius 2 is 2.17 bits per heavy atom. The normalized spacial score (nSPS) is 20.3. The standard InChI is InChI=1S/C10H16N2/c1-9-3-5-12(6-4-9)8-10(2)7-11/h9H,2-6,8H2,1H3. The van der Waals surface area contributed by atoms with Crippen LogP contribution in [0.25, 0.3) is 0 Å². The van der Waals surface area contributed by atoms with E-state index in [-0.39, 0.29) is 0 Å². The van der Waals surface area contributed by atoms with Crippen molar-refractivity contribution < 1.29 is 0 Å². The van der Waals surface area contributed by atoms with E-state index in [1.54, 1.807) is 0 Å². The van der Waals surface area contributed by atoms with Crippen molar-refractivity contribution in [2.24, 2.45) is 5.92 Å². The molecule has 2 nitrogen and oxygen atoms in total. The average molecular weight is 164 g/mol. The lowest BCUT2D eigenvalue weighted by Gasteiger charge is -2.29. The van der Waals surface area contributed by atoms with Crippen LogP contribution in [0.2, 0.25) is 0 Å². The second-order valence-corrected chi connectivity index (χ2v) is 3.67. The van der Waals surface area contributed by atoms with Crippen molar-refractivity contribution in [3.63, 3.8) is 0 Å². The maximum absolute atomic E-state index is 8.54. The molecular formula is C10H16N2. The summed E-state index contributed by atoms with van der Waals surface area (Å²) in [5.41, 5.74) is 0.685. The van der Waals surface area contributed by atoms with Gasteiger partial charge in [0, 0.05) is 12.1 Å². The molecule has 1 aliphatic heterocycles.